The molecule has 0 bridgehead atoms. The summed E-state index contributed by atoms with van der Waals surface area (Å²) >= 11 is 0. The molecule has 0 aliphatic carbocycles. The molecule has 4 atom stereocenters. The molecule has 0 spiro atoms. The van der Waals surface area contributed by atoms with Gasteiger partial charge in [-0.05, 0) is 20.8 Å². The molecule has 1 saturated heterocycles. The van der Waals surface area contributed by atoms with Gasteiger partial charge in [-0.1, -0.05) is 0 Å². The molecule has 0 aromatic carbocycles. The van der Waals surface area contributed by atoms with Crippen LogP contribution in [0.5, 0.6) is 0 Å². The van der Waals surface area contributed by atoms with Gasteiger partial charge >= 0.3 is 5.97 Å². The highest BCUT2D eigenvalue weighted by Gasteiger charge is 2.45. The van der Waals surface area contributed by atoms with Crippen LogP contribution in [0.25, 0.3) is 11.2 Å². The van der Waals surface area contributed by atoms with Crippen LogP contribution in [-0.2, 0) is 14.3 Å². The molecule has 0 radical (unpaired) electrons. The highest BCUT2D eigenvalue weighted by atomic mass is 16.6. The van der Waals surface area contributed by atoms with E-state index in [1.165, 1.54) is 17.2 Å². The lowest BCUT2D eigenvalue weighted by atomic mass is 9.97. The molecule has 1 fully saturated rings. The number of nitrogens with one attached hydrogen (secondary N) is 1. The summed E-state index contributed by atoms with van der Waals surface area (Å²) in [6, 6.07) is 0. The van der Waals surface area contributed by atoms with Crippen LogP contribution in [0.1, 0.15) is 27.0 Å². The number of esters is 1. The van der Waals surface area contributed by atoms with Gasteiger partial charge in [0.25, 0.3) is 5.56 Å². The van der Waals surface area contributed by atoms with Crippen LogP contribution in [0.4, 0.5) is 0 Å². The number of aromatic nitrogens is 4. The van der Waals surface area contributed by atoms with Gasteiger partial charge in [-0.15, -0.1) is 0 Å². The minimum Gasteiger partial charge on any atom is -0.462 e. The largest absolute Gasteiger partial charge is 0.462 e. The number of carbonyl (C=O) groups is 1. The molecular formula is C15H20N4O6. The molecule has 3 N–H and O–H groups in total. The Morgan fingerprint density at radius 3 is 2.76 bits per heavy atom. The fraction of sp³-hybridized carbons (Fsp3) is 0.600. The first-order valence-electron chi connectivity index (χ1n) is 7.79. The summed E-state index contributed by atoms with van der Waals surface area (Å²) in [5, 5.41) is 20.5. The van der Waals surface area contributed by atoms with Crippen molar-refractivity contribution in [2.75, 3.05) is 6.61 Å². The highest BCUT2D eigenvalue weighted by Crippen LogP contribution is 2.31. The Labute approximate surface area is 142 Å². The molecule has 136 valence electrons. The zero-order valence-electron chi connectivity index (χ0n) is 14.0. The van der Waals surface area contributed by atoms with Crippen LogP contribution >= 0.6 is 0 Å². The van der Waals surface area contributed by atoms with Crippen molar-refractivity contribution in [3.8, 4) is 0 Å². The van der Waals surface area contributed by atoms with Crippen molar-refractivity contribution in [1.29, 1.82) is 0 Å². The summed E-state index contributed by atoms with van der Waals surface area (Å²) in [5.74, 6) is -0.442. The number of H-pyrrole nitrogens is 1. The summed E-state index contributed by atoms with van der Waals surface area (Å²) in [4.78, 5) is 33.9. The van der Waals surface area contributed by atoms with Crippen LogP contribution in [0, 0.1) is 5.41 Å². The predicted octanol–water partition coefficient (Wildman–Crippen LogP) is -0.672. The molecule has 3 rings (SSSR count). The molecule has 2 aromatic rings. The maximum Gasteiger partial charge on any atom is 0.311 e. The number of aliphatic hydroxyl groups is 2. The Kier molecular flexibility index (Phi) is 4.35. The average molecular weight is 352 g/mol. The summed E-state index contributed by atoms with van der Waals surface area (Å²) in [6.45, 7) is 4.92. The van der Waals surface area contributed by atoms with E-state index in [4.69, 9.17) is 9.47 Å². The Morgan fingerprint density at radius 2 is 2.08 bits per heavy atom. The van der Waals surface area contributed by atoms with E-state index < -0.39 is 41.5 Å². The Balaban J connectivity index is 1.79. The van der Waals surface area contributed by atoms with E-state index >= 15 is 0 Å². The van der Waals surface area contributed by atoms with E-state index in [9.17, 15) is 19.8 Å². The molecule has 1 aliphatic rings. The molecular weight excluding hydrogens is 332 g/mol. The van der Waals surface area contributed by atoms with Crippen LogP contribution in [0.15, 0.2) is 17.4 Å². The van der Waals surface area contributed by atoms with Crippen molar-refractivity contribution < 1.29 is 24.5 Å². The van der Waals surface area contributed by atoms with Crippen molar-refractivity contribution in [3.63, 3.8) is 0 Å². The SMILES string of the molecule is CC(C)(C)C(=O)OC[C@H]1O[C@@H](n2cnc3c(=O)[nH]cnc32)[C@@H](O)[C@@H]1O. The lowest BCUT2D eigenvalue weighted by molar-refractivity contribution is -0.159. The minimum atomic E-state index is -1.29. The van der Waals surface area contributed by atoms with Gasteiger partial charge in [-0.3, -0.25) is 14.2 Å². The zero-order chi connectivity index (χ0) is 18.4. The van der Waals surface area contributed by atoms with Crippen molar-refractivity contribution in [3.05, 3.63) is 23.0 Å². The number of fused-ring (bicyclic) bond motifs is 1. The summed E-state index contributed by atoms with van der Waals surface area (Å²) < 4.78 is 12.2. The fourth-order valence-electron chi connectivity index (χ4n) is 2.52. The van der Waals surface area contributed by atoms with E-state index in [2.05, 4.69) is 15.0 Å². The maximum atomic E-state index is 11.8. The standard InChI is InChI=1S/C15H20N4O6/c1-15(2,3)14(23)24-4-7-9(20)10(21)13(25-7)19-6-18-8-11(19)16-5-17-12(8)22/h5-7,9-10,13,20-21H,4H2,1-3H3,(H,16,17,22)/t7-,9-,10+,13-/m1/s1. The first kappa shape index (κ1) is 17.5. The number of nitrogens with zero attached hydrogens (tertiary/aromatic N) is 3. The third-order valence-corrected chi connectivity index (χ3v) is 3.97. The van der Waals surface area contributed by atoms with Gasteiger partial charge < -0.3 is 24.7 Å². The van der Waals surface area contributed by atoms with Gasteiger partial charge in [0.05, 0.1) is 18.1 Å². The summed E-state index contributed by atoms with van der Waals surface area (Å²) in [5.41, 5.74) is -0.803. The van der Waals surface area contributed by atoms with Crippen LogP contribution in [0.3, 0.4) is 0 Å². The first-order chi connectivity index (χ1) is 11.7. The second-order valence-electron chi connectivity index (χ2n) is 6.95. The molecule has 0 unspecified atom stereocenters. The third kappa shape index (κ3) is 3.15. The molecule has 25 heavy (non-hydrogen) atoms. The zero-order valence-corrected chi connectivity index (χ0v) is 14.0. The molecule has 0 amide bonds. The lowest BCUT2D eigenvalue weighted by Crippen LogP contribution is -2.35. The fourth-order valence-corrected chi connectivity index (χ4v) is 2.52. The average Bonchev–Trinajstić information content (AvgIpc) is 3.08. The van der Waals surface area contributed by atoms with Gasteiger partial charge in [0.1, 0.15) is 24.9 Å². The number of hydrogen-bond donors (Lipinski definition) is 3. The number of ether oxygens (including phenoxy) is 2. The van der Waals surface area contributed by atoms with Crippen molar-refractivity contribution in [2.45, 2.75) is 45.3 Å². The minimum absolute atomic E-state index is 0.0930. The molecule has 10 nitrogen and oxygen atoms in total. The number of imidazole rings is 1. The summed E-state index contributed by atoms with van der Waals surface area (Å²) in [7, 11) is 0. The van der Waals surface area contributed by atoms with E-state index in [0.29, 0.717) is 0 Å². The van der Waals surface area contributed by atoms with Gasteiger partial charge in [0.2, 0.25) is 0 Å². The van der Waals surface area contributed by atoms with Gasteiger partial charge in [-0.2, -0.15) is 0 Å². The Bertz CT molecular complexity index is 838. The molecule has 2 aromatic heterocycles. The topological polar surface area (TPSA) is 140 Å². The van der Waals surface area contributed by atoms with Crippen molar-refractivity contribution in [1.82, 2.24) is 19.5 Å². The molecule has 0 saturated carbocycles. The maximum absolute atomic E-state index is 11.8. The Hall–Kier alpha value is -2.30. The lowest BCUT2D eigenvalue weighted by Gasteiger charge is -2.20. The predicted molar refractivity (Wildman–Crippen MR) is 84.5 cm³/mol. The second kappa shape index (κ2) is 6.21. The number of rotatable bonds is 3. The van der Waals surface area contributed by atoms with Crippen molar-refractivity contribution in [2.24, 2.45) is 5.41 Å². The third-order valence-electron chi connectivity index (χ3n) is 3.97. The van der Waals surface area contributed by atoms with Crippen LogP contribution in [-0.4, -0.2) is 60.6 Å². The molecule has 10 heteroatoms. The molecule has 3 heterocycles. The molecule has 1 aliphatic heterocycles. The van der Waals surface area contributed by atoms with E-state index in [0.717, 1.165) is 0 Å². The van der Waals surface area contributed by atoms with E-state index in [1.54, 1.807) is 20.8 Å². The number of aromatic amines is 1. The van der Waals surface area contributed by atoms with Crippen LogP contribution < -0.4 is 5.56 Å². The van der Waals surface area contributed by atoms with E-state index in [-0.39, 0.29) is 17.8 Å². The monoisotopic (exact) mass is 352 g/mol. The first-order valence-corrected chi connectivity index (χ1v) is 7.79. The number of aliphatic hydroxyl groups excluding tert-OH is 2. The van der Waals surface area contributed by atoms with Crippen LogP contribution in [0.2, 0.25) is 0 Å². The number of hydrogen-bond acceptors (Lipinski definition) is 8. The van der Waals surface area contributed by atoms with E-state index in [1.807, 2.05) is 0 Å². The Morgan fingerprint density at radius 1 is 1.36 bits per heavy atom. The quantitative estimate of drug-likeness (QED) is 0.618. The number of carbonyl (C=O) groups excluding carboxylic acids is 1. The highest BCUT2D eigenvalue weighted by molar-refractivity contribution is 5.75. The smallest absolute Gasteiger partial charge is 0.311 e. The second-order valence-corrected chi connectivity index (χ2v) is 6.95. The normalized spacial score (nSPS) is 26.9. The van der Waals surface area contributed by atoms with Gasteiger partial charge in [0, 0.05) is 0 Å². The summed E-state index contributed by atoms with van der Waals surface area (Å²) in [6.07, 6.45) is -1.97. The van der Waals surface area contributed by atoms with Gasteiger partial charge in [-0.25, -0.2) is 9.97 Å². The van der Waals surface area contributed by atoms with Gasteiger partial charge in [0.15, 0.2) is 17.4 Å². The van der Waals surface area contributed by atoms with Crippen molar-refractivity contribution >= 4 is 17.1 Å².